The Labute approximate surface area is 176 Å². The summed E-state index contributed by atoms with van der Waals surface area (Å²) in [4.78, 5) is 19.4. The molecule has 1 aliphatic rings. The Kier molecular flexibility index (Phi) is 6.23. The molecule has 4 nitrogen and oxygen atoms in total. The van der Waals surface area contributed by atoms with Crippen LogP contribution in [0.2, 0.25) is 5.02 Å². The fourth-order valence-corrected chi connectivity index (χ4v) is 4.09. The monoisotopic (exact) mass is 405 g/mol. The average molecular weight is 406 g/mol. The maximum atomic E-state index is 12.4. The fourth-order valence-electron chi connectivity index (χ4n) is 3.83. The Morgan fingerprint density at radius 3 is 2.66 bits per heavy atom. The predicted octanol–water partition coefficient (Wildman–Crippen LogP) is 4.85. The minimum atomic E-state index is -0.129. The Hall–Kier alpha value is -2.69. The largest absolute Gasteiger partial charge is 0.351 e. The van der Waals surface area contributed by atoms with E-state index in [4.69, 9.17) is 11.6 Å². The summed E-state index contributed by atoms with van der Waals surface area (Å²) in [7, 11) is 0. The molecule has 4 rings (SSSR count). The summed E-state index contributed by atoms with van der Waals surface area (Å²) in [6, 6.07) is 19.9. The molecular weight excluding hydrogens is 382 g/mol. The normalized spacial score (nSPS) is 15.8. The summed E-state index contributed by atoms with van der Waals surface area (Å²) < 4.78 is 0. The first-order valence-electron chi connectivity index (χ1n) is 10.0. The third kappa shape index (κ3) is 4.84. The predicted molar refractivity (Wildman–Crippen MR) is 119 cm³/mol. The number of fused-ring (bicyclic) bond motifs is 1. The van der Waals surface area contributed by atoms with Crippen LogP contribution in [0.25, 0.3) is 17.0 Å². The average Bonchev–Trinajstić information content (AvgIpc) is 3.28. The zero-order valence-electron chi connectivity index (χ0n) is 16.2. The van der Waals surface area contributed by atoms with Gasteiger partial charge in [0.15, 0.2) is 0 Å². The van der Waals surface area contributed by atoms with Crippen LogP contribution in [0.15, 0.2) is 66.7 Å². The number of halogens is 1. The number of carbonyl (C=O) groups excluding carboxylic acids is 1. The minimum Gasteiger partial charge on any atom is -0.351 e. The lowest BCUT2D eigenvalue weighted by Crippen LogP contribution is -2.36. The van der Waals surface area contributed by atoms with Gasteiger partial charge >= 0.3 is 0 Å². The van der Waals surface area contributed by atoms with E-state index < -0.39 is 0 Å². The Bertz CT molecular complexity index is 1030. The number of hydrogen-bond donors (Lipinski definition) is 1. The van der Waals surface area contributed by atoms with Crippen molar-refractivity contribution in [1.82, 2.24) is 15.2 Å². The SMILES string of the molecule is O=C(/C=C/c1ccc2ccccc2n1)NCC(c1ccccc1Cl)N1CCCC1. The second-order valence-electron chi connectivity index (χ2n) is 7.29. The van der Waals surface area contributed by atoms with Crippen molar-refractivity contribution in [2.24, 2.45) is 0 Å². The summed E-state index contributed by atoms with van der Waals surface area (Å²) >= 11 is 6.44. The summed E-state index contributed by atoms with van der Waals surface area (Å²) in [6.07, 6.45) is 5.66. The molecule has 0 radical (unpaired) electrons. The molecule has 1 amide bonds. The third-order valence-electron chi connectivity index (χ3n) is 5.34. The van der Waals surface area contributed by atoms with Gasteiger partial charge in [0, 0.05) is 23.0 Å². The van der Waals surface area contributed by atoms with Crippen LogP contribution < -0.4 is 5.32 Å². The quantitative estimate of drug-likeness (QED) is 0.596. The van der Waals surface area contributed by atoms with Crippen molar-refractivity contribution < 1.29 is 4.79 Å². The number of para-hydroxylation sites is 1. The topological polar surface area (TPSA) is 45.2 Å². The van der Waals surface area contributed by atoms with Crippen LogP contribution in [-0.2, 0) is 4.79 Å². The van der Waals surface area contributed by atoms with Crippen LogP contribution in [0.4, 0.5) is 0 Å². The first-order chi connectivity index (χ1) is 14.2. The summed E-state index contributed by atoms with van der Waals surface area (Å²) in [6.45, 7) is 2.59. The van der Waals surface area contributed by atoms with Gasteiger partial charge in [0.05, 0.1) is 17.3 Å². The number of nitrogens with one attached hydrogen (secondary N) is 1. The van der Waals surface area contributed by atoms with Crippen LogP contribution in [0.1, 0.15) is 30.1 Å². The van der Waals surface area contributed by atoms with Gasteiger partial charge < -0.3 is 5.32 Å². The number of nitrogens with zero attached hydrogens (tertiary/aromatic N) is 2. The van der Waals surface area contributed by atoms with Crippen molar-refractivity contribution in [2.45, 2.75) is 18.9 Å². The highest BCUT2D eigenvalue weighted by Crippen LogP contribution is 2.29. The molecule has 0 spiro atoms. The van der Waals surface area contributed by atoms with E-state index in [1.54, 1.807) is 12.2 Å². The molecular formula is C24H24ClN3O. The van der Waals surface area contributed by atoms with Gasteiger partial charge in [0.1, 0.15) is 0 Å². The standard InChI is InChI=1S/C24H24ClN3O/c25-21-9-3-2-8-20(21)23(28-15-5-6-16-28)17-26-24(29)14-13-19-12-11-18-7-1-4-10-22(18)27-19/h1-4,7-14,23H,5-6,15-17H2,(H,26,29)/b14-13+. The molecule has 29 heavy (non-hydrogen) atoms. The molecule has 2 aromatic carbocycles. The zero-order chi connectivity index (χ0) is 20.1. The van der Waals surface area contributed by atoms with Crippen LogP contribution in [0, 0.1) is 0 Å². The van der Waals surface area contributed by atoms with E-state index in [2.05, 4.69) is 15.2 Å². The molecule has 3 aromatic rings. The zero-order valence-corrected chi connectivity index (χ0v) is 17.0. The van der Waals surface area contributed by atoms with E-state index in [9.17, 15) is 4.79 Å². The molecule has 0 saturated carbocycles. The second-order valence-corrected chi connectivity index (χ2v) is 7.69. The summed E-state index contributed by atoms with van der Waals surface area (Å²) in [5.41, 5.74) is 2.75. The van der Waals surface area contributed by atoms with Crippen LogP contribution in [0.3, 0.4) is 0 Å². The molecule has 1 atom stereocenters. The lowest BCUT2D eigenvalue weighted by molar-refractivity contribution is -0.116. The lowest BCUT2D eigenvalue weighted by Gasteiger charge is -2.28. The number of aromatic nitrogens is 1. The van der Waals surface area contributed by atoms with Crippen molar-refractivity contribution >= 4 is 34.5 Å². The van der Waals surface area contributed by atoms with E-state index in [1.165, 1.54) is 12.8 Å². The van der Waals surface area contributed by atoms with Crippen LogP contribution >= 0.6 is 11.6 Å². The number of benzene rings is 2. The molecule has 1 aromatic heterocycles. The van der Waals surface area contributed by atoms with Gasteiger partial charge in [-0.1, -0.05) is 54.1 Å². The highest BCUT2D eigenvalue weighted by Gasteiger charge is 2.25. The maximum Gasteiger partial charge on any atom is 0.244 e. The Balaban J connectivity index is 1.43. The molecule has 148 valence electrons. The number of amides is 1. The molecule has 1 saturated heterocycles. The molecule has 5 heteroatoms. The summed E-state index contributed by atoms with van der Waals surface area (Å²) in [5, 5.41) is 4.87. The first-order valence-corrected chi connectivity index (χ1v) is 10.4. The minimum absolute atomic E-state index is 0.0855. The van der Waals surface area contributed by atoms with Gasteiger partial charge in [-0.05, 0) is 55.8 Å². The molecule has 1 fully saturated rings. The molecule has 1 N–H and O–H groups in total. The molecule has 0 aliphatic carbocycles. The number of carbonyl (C=O) groups is 1. The third-order valence-corrected chi connectivity index (χ3v) is 5.68. The molecule has 0 bridgehead atoms. The number of pyridine rings is 1. The smallest absolute Gasteiger partial charge is 0.244 e. The van der Waals surface area contributed by atoms with Crippen LogP contribution in [0.5, 0.6) is 0 Å². The van der Waals surface area contributed by atoms with Gasteiger partial charge in [-0.3, -0.25) is 9.69 Å². The van der Waals surface area contributed by atoms with Gasteiger partial charge in [-0.15, -0.1) is 0 Å². The molecule has 2 heterocycles. The van der Waals surface area contributed by atoms with Gasteiger partial charge in [-0.2, -0.15) is 0 Å². The van der Waals surface area contributed by atoms with Crippen molar-refractivity contribution in [3.8, 4) is 0 Å². The van der Waals surface area contributed by atoms with Gasteiger partial charge in [0.25, 0.3) is 0 Å². The summed E-state index contributed by atoms with van der Waals surface area (Å²) in [5.74, 6) is -0.129. The van der Waals surface area contributed by atoms with E-state index in [0.717, 1.165) is 40.3 Å². The molecule has 1 unspecified atom stereocenters. The Morgan fingerprint density at radius 1 is 1.07 bits per heavy atom. The van der Waals surface area contributed by atoms with Crippen LogP contribution in [-0.4, -0.2) is 35.4 Å². The van der Waals surface area contributed by atoms with Crippen molar-refractivity contribution in [3.63, 3.8) is 0 Å². The highest BCUT2D eigenvalue weighted by molar-refractivity contribution is 6.31. The Morgan fingerprint density at radius 2 is 1.83 bits per heavy atom. The lowest BCUT2D eigenvalue weighted by atomic mass is 10.1. The number of rotatable bonds is 6. The van der Waals surface area contributed by atoms with E-state index >= 15 is 0 Å². The number of likely N-dealkylation sites (tertiary alicyclic amines) is 1. The van der Waals surface area contributed by atoms with Crippen molar-refractivity contribution in [1.29, 1.82) is 0 Å². The number of hydrogen-bond acceptors (Lipinski definition) is 3. The second kappa shape index (κ2) is 9.21. The van der Waals surface area contributed by atoms with Gasteiger partial charge in [0.2, 0.25) is 5.91 Å². The highest BCUT2D eigenvalue weighted by atomic mass is 35.5. The fraction of sp³-hybridized carbons (Fsp3) is 0.250. The van der Waals surface area contributed by atoms with E-state index in [1.807, 2.05) is 60.7 Å². The van der Waals surface area contributed by atoms with E-state index in [-0.39, 0.29) is 11.9 Å². The first kappa shape index (κ1) is 19.6. The van der Waals surface area contributed by atoms with E-state index in [0.29, 0.717) is 6.54 Å². The maximum absolute atomic E-state index is 12.4. The molecule has 1 aliphatic heterocycles. The van der Waals surface area contributed by atoms with Gasteiger partial charge in [-0.25, -0.2) is 4.98 Å². The van der Waals surface area contributed by atoms with Crippen molar-refractivity contribution in [2.75, 3.05) is 19.6 Å². The van der Waals surface area contributed by atoms with Crippen molar-refractivity contribution in [3.05, 3.63) is 83.0 Å².